The number of nitrogens with one attached hydrogen (secondary N) is 1. The summed E-state index contributed by atoms with van der Waals surface area (Å²) in [7, 11) is 1.65. The molecule has 162 valence electrons. The highest BCUT2D eigenvalue weighted by Gasteiger charge is 2.52. The van der Waals surface area contributed by atoms with Crippen LogP contribution in [0.2, 0.25) is 0 Å². The van der Waals surface area contributed by atoms with Crippen LogP contribution in [0.25, 0.3) is 0 Å². The number of hydrogen-bond donors (Lipinski definition) is 1. The maximum Gasteiger partial charge on any atom is 0.325 e. The summed E-state index contributed by atoms with van der Waals surface area (Å²) in [6.07, 6.45) is 4.26. The number of ether oxygens (including phenoxy) is 1. The number of methoxy groups -OCH3 is 1. The lowest BCUT2D eigenvalue weighted by atomic mass is 9.98. The fourth-order valence-electron chi connectivity index (χ4n) is 4.75. The molecule has 3 aliphatic rings. The summed E-state index contributed by atoms with van der Waals surface area (Å²) < 4.78 is 5.20. The molecule has 1 aromatic rings. The van der Waals surface area contributed by atoms with Gasteiger partial charge in [0.2, 0.25) is 5.91 Å². The summed E-state index contributed by atoms with van der Waals surface area (Å²) in [4.78, 5) is 42.9. The lowest BCUT2D eigenvalue weighted by molar-refractivity contribution is -0.133. The molecule has 0 aromatic heterocycles. The first-order valence-electron chi connectivity index (χ1n) is 10.8. The Morgan fingerprint density at radius 3 is 2.37 bits per heavy atom. The highest BCUT2D eigenvalue weighted by Crippen LogP contribution is 2.35. The van der Waals surface area contributed by atoms with Gasteiger partial charge in [0, 0.05) is 44.8 Å². The molecule has 8 heteroatoms. The van der Waals surface area contributed by atoms with Gasteiger partial charge in [-0.3, -0.25) is 14.5 Å². The molecule has 30 heavy (non-hydrogen) atoms. The number of urea groups is 1. The van der Waals surface area contributed by atoms with Gasteiger partial charge < -0.3 is 19.9 Å². The van der Waals surface area contributed by atoms with E-state index in [2.05, 4.69) is 10.2 Å². The Labute approximate surface area is 177 Å². The molecule has 1 saturated carbocycles. The van der Waals surface area contributed by atoms with E-state index in [1.165, 1.54) is 4.90 Å². The minimum Gasteiger partial charge on any atom is -0.497 e. The fraction of sp³-hybridized carbons (Fsp3) is 0.591. The van der Waals surface area contributed by atoms with E-state index < -0.39 is 5.54 Å². The summed E-state index contributed by atoms with van der Waals surface area (Å²) in [5.74, 6) is 0.814. The predicted molar refractivity (Wildman–Crippen MR) is 112 cm³/mol. The summed E-state index contributed by atoms with van der Waals surface area (Å²) in [6.45, 7) is 3.24. The average molecular weight is 415 g/mol. The van der Waals surface area contributed by atoms with Gasteiger partial charge in [0.15, 0.2) is 0 Å². The molecule has 4 amide bonds. The van der Waals surface area contributed by atoms with Gasteiger partial charge in [-0.2, -0.15) is 0 Å². The Kier molecular flexibility index (Phi) is 5.83. The molecule has 0 atom stereocenters. The molecular weight excluding hydrogens is 384 g/mol. The third-order valence-corrected chi connectivity index (χ3v) is 6.55. The molecule has 1 aliphatic carbocycles. The van der Waals surface area contributed by atoms with Gasteiger partial charge in [-0.05, 0) is 43.5 Å². The zero-order valence-corrected chi connectivity index (χ0v) is 17.6. The van der Waals surface area contributed by atoms with Gasteiger partial charge in [0.1, 0.15) is 11.3 Å². The van der Waals surface area contributed by atoms with Crippen LogP contribution in [-0.2, 0) is 9.59 Å². The van der Waals surface area contributed by atoms with Gasteiger partial charge in [-0.1, -0.05) is 12.8 Å². The van der Waals surface area contributed by atoms with Crippen molar-refractivity contribution in [3.8, 4) is 5.75 Å². The molecule has 0 radical (unpaired) electrons. The van der Waals surface area contributed by atoms with Gasteiger partial charge in [-0.15, -0.1) is 0 Å². The lowest BCUT2D eigenvalue weighted by Gasteiger charge is -2.36. The first-order valence-corrected chi connectivity index (χ1v) is 10.8. The van der Waals surface area contributed by atoms with Gasteiger partial charge in [0.25, 0.3) is 5.91 Å². The zero-order valence-electron chi connectivity index (χ0n) is 17.6. The fourth-order valence-corrected chi connectivity index (χ4v) is 4.75. The molecule has 3 fully saturated rings. The van der Waals surface area contributed by atoms with E-state index in [0.29, 0.717) is 32.5 Å². The Morgan fingerprint density at radius 1 is 1.07 bits per heavy atom. The molecule has 1 N–H and O–H groups in total. The quantitative estimate of drug-likeness (QED) is 0.720. The number of nitrogens with zero attached hydrogens (tertiary/aromatic N) is 3. The van der Waals surface area contributed by atoms with E-state index >= 15 is 0 Å². The van der Waals surface area contributed by atoms with Crippen molar-refractivity contribution in [2.24, 2.45) is 0 Å². The Balaban J connectivity index is 1.21. The van der Waals surface area contributed by atoms with Gasteiger partial charge in [-0.25, -0.2) is 4.79 Å². The van der Waals surface area contributed by atoms with E-state index in [-0.39, 0.29) is 17.8 Å². The van der Waals surface area contributed by atoms with Crippen molar-refractivity contribution in [1.29, 1.82) is 0 Å². The number of benzene rings is 1. The maximum absolute atomic E-state index is 12.7. The second-order valence-electron chi connectivity index (χ2n) is 8.35. The van der Waals surface area contributed by atoms with Crippen LogP contribution < -0.4 is 15.0 Å². The summed E-state index contributed by atoms with van der Waals surface area (Å²) in [5, 5.41) is 2.89. The maximum atomic E-state index is 12.7. The molecule has 1 spiro atoms. The van der Waals surface area contributed by atoms with Crippen LogP contribution in [-0.4, -0.2) is 73.0 Å². The molecule has 0 unspecified atom stereocenters. The van der Waals surface area contributed by atoms with E-state index in [1.54, 1.807) is 7.11 Å². The number of hydrogen-bond acceptors (Lipinski definition) is 5. The molecule has 4 rings (SSSR count). The Bertz CT molecular complexity index is 796. The average Bonchev–Trinajstić information content (AvgIpc) is 3.34. The first-order chi connectivity index (χ1) is 14.5. The normalized spacial score (nSPS) is 20.8. The Morgan fingerprint density at radius 2 is 1.73 bits per heavy atom. The number of imide groups is 1. The third-order valence-electron chi connectivity index (χ3n) is 6.55. The number of piperazine rings is 1. The topological polar surface area (TPSA) is 82.2 Å². The molecular formula is C22H30N4O4. The standard InChI is InChI=1S/C22H30N4O4/c1-30-18-8-6-17(7-9-18)24-13-15-25(16-14-24)19(27)5-4-12-26-20(28)22(23-21(26)29)10-2-3-11-22/h6-9H,2-5,10-16H2,1H3,(H,23,29). The van der Waals surface area contributed by atoms with Gasteiger partial charge >= 0.3 is 6.03 Å². The lowest BCUT2D eigenvalue weighted by Crippen LogP contribution is -2.49. The minimum absolute atomic E-state index is 0.0898. The molecule has 2 heterocycles. The molecule has 2 saturated heterocycles. The highest BCUT2D eigenvalue weighted by molar-refractivity contribution is 6.07. The largest absolute Gasteiger partial charge is 0.497 e. The summed E-state index contributed by atoms with van der Waals surface area (Å²) >= 11 is 0. The van der Waals surface area contributed by atoms with Crippen molar-refractivity contribution in [3.63, 3.8) is 0 Å². The number of rotatable bonds is 6. The monoisotopic (exact) mass is 414 g/mol. The smallest absolute Gasteiger partial charge is 0.325 e. The second-order valence-corrected chi connectivity index (χ2v) is 8.35. The summed E-state index contributed by atoms with van der Waals surface area (Å²) in [5.41, 5.74) is 0.459. The van der Waals surface area contributed by atoms with Crippen LogP contribution >= 0.6 is 0 Å². The minimum atomic E-state index is -0.668. The first kappa shape index (κ1) is 20.5. The van der Waals surface area contributed by atoms with Gasteiger partial charge in [0.05, 0.1) is 7.11 Å². The van der Waals surface area contributed by atoms with Crippen LogP contribution in [0.5, 0.6) is 5.75 Å². The van der Waals surface area contributed by atoms with Crippen molar-refractivity contribution in [2.45, 2.75) is 44.1 Å². The molecule has 1 aromatic carbocycles. The number of carbonyl (C=O) groups excluding carboxylic acids is 3. The van der Waals surface area contributed by atoms with Crippen LogP contribution in [0.3, 0.4) is 0 Å². The number of anilines is 1. The molecule has 2 aliphatic heterocycles. The van der Waals surface area contributed by atoms with Crippen molar-refractivity contribution in [3.05, 3.63) is 24.3 Å². The SMILES string of the molecule is COc1ccc(N2CCN(C(=O)CCCN3C(=O)NC4(CCCC4)C3=O)CC2)cc1. The summed E-state index contributed by atoms with van der Waals surface area (Å²) in [6, 6.07) is 7.65. The van der Waals surface area contributed by atoms with Crippen molar-refractivity contribution in [2.75, 3.05) is 44.7 Å². The zero-order chi connectivity index (χ0) is 21.1. The van der Waals surface area contributed by atoms with Crippen LogP contribution in [0.15, 0.2) is 24.3 Å². The van der Waals surface area contributed by atoms with Crippen molar-refractivity contribution >= 4 is 23.5 Å². The van der Waals surface area contributed by atoms with Crippen LogP contribution in [0.1, 0.15) is 38.5 Å². The number of carbonyl (C=O) groups is 3. The van der Waals surface area contributed by atoms with E-state index in [9.17, 15) is 14.4 Å². The third kappa shape index (κ3) is 3.95. The van der Waals surface area contributed by atoms with Crippen molar-refractivity contribution < 1.29 is 19.1 Å². The van der Waals surface area contributed by atoms with E-state index in [1.807, 2.05) is 29.2 Å². The van der Waals surface area contributed by atoms with E-state index in [0.717, 1.165) is 50.2 Å². The van der Waals surface area contributed by atoms with Crippen molar-refractivity contribution in [1.82, 2.24) is 15.1 Å². The Hall–Kier alpha value is -2.77. The second kappa shape index (κ2) is 8.53. The molecule has 0 bridgehead atoms. The number of amides is 4. The van der Waals surface area contributed by atoms with Crippen LogP contribution in [0, 0.1) is 0 Å². The highest BCUT2D eigenvalue weighted by atomic mass is 16.5. The predicted octanol–water partition coefficient (Wildman–Crippen LogP) is 1.99. The van der Waals surface area contributed by atoms with Crippen LogP contribution in [0.4, 0.5) is 10.5 Å². The van der Waals surface area contributed by atoms with E-state index in [4.69, 9.17) is 4.74 Å². The molecule has 8 nitrogen and oxygen atoms in total.